The van der Waals surface area contributed by atoms with Crippen LogP contribution in [0.3, 0.4) is 0 Å². The van der Waals surface area contributed by atoms with Crippen molar-refractivity contribution in [3.8, 4) is 0 Å². The van der Waals surface area contributed by atoms with Gasteiger partial charge in [-0.05, 0) is 35.9 Å². The highest BCUT2D eigenvalue weighted by molar-refractivity contribution is 7.98. The molecule has 2 nitrogen and oxygen atoms in total. The number of benzene rings is 2. The molecule has 0 bridgehead atoms. The van der Waals surface area contributed by atoms with Crippen LogP contribution in [0, 0.1) is 17.5 Å². The lowest BCUT2D eigenvalue weighted by molar-refractivity contribution is 0.0692. The molecule has 0 aromatic heterocycles. The van der Waals surface area contributed by atoms with Gasteiger partial charge in [0, 0.05) is 10.6 Å². The first-order valence-corrected chi connectivity index (χ1v) is 6.55. The second-order valence-electron chi connectivity index (χ2n) is 3.98. The summed E-state index contributed by atoms with van der Waals surface area (Å²) in [5.41, 5.74) is 0.161. The third-order valence-corrected chi connectivity index (χ3v) is 3.63. The number of carbonyl (C=O) groups is 1. The molecule has 1 N–H and O–H groups in total. The van der Waals surface area contributed by atoms with Crippen molar-refractivity contribution in [3.63, 3.8) is 0 Å². The van der Waals surface area contributed by atoms with Crippen molar-refractivity contribution in [1.29, 1.82) is 0 Å². The maximum atomic E-state index is 13.4. The van der Waals surface area contributed by atoms with Gasteiger partial charge >= 0.3 is 5.97 Å². The Balaban J connectivity index is 2.09. The summed E-state index contributed by atoms with van der Waals surface area (Å²) in [4.78, 5) is 11.2. The molecule has 0 amide bonds. The van der Waals surface area contributed by atoms with Crippen molar-refractivity contribution >= 4 is 17.7 Å². The summed E-state index contributed by atoms with van der Waals surface area (Å²) in [6.45, 7) is 0. The topological polar surface area (TPSA) is 37.3 Å². The fourth-order valence-electron chi connectivity index (χ4n) is 1.56. The molecule has 0 aliphatic carbocycles. The summed E-state index contributed by atoms with van der Waals surface area (Å²) in [5, 5.41) is 8.70. The molecular weight excluding hydrogens is 289 g/mol. The molecule has 2 aromatic rings. The molecule has 0 fully saturated rings. The number of rotatable bonds is 4. The van der Waals surface area contributed by atoms with Crippen molar-refractivity contribution in [1.82, 2.24) is 0 Å². The Labute approximate surface area is 117 Å². The second-order valence-corrected chi connectivity index (χ2v) is 5.03. The minimum Gasteiger partial charge on any atom is -0.478 e. The second kappa shape index (κ2) is 6.00. The Morgan fingerprint density at radius 2 is 1.75 bits per heavy atom. The van der Waals surface area contributed by atoms with Crippen molar-refractivity contribution in [2.75, 3.05) is 0 Å². The van der Waals surface area contributed by atoms with Gasteiger partial charge in [-0.2, -0.15) is 0 Å². The zero-order chi connectivity index (χ0) is 14.7. The van der Waals surface area contributed by atoms with Crippen molar-refractivity contribution in [2.24, 2.45) is 0 Å². The molecule has 104 valence electrons. The molecule has 20 heavy (non-hydrogen) atoms. The average molecular weight is 298 g/mol. The summed E-state index contributed by atoms with van der Waals surface area (Å²) >= 11 is 1.20. The highest BCUT2D eigenvalue weighted by Crippen LogP contribution is 2.25. The molecular formula is C14H9F3O2S. The lowest BCUT2D eigenvalue weighted by atomic mass is 10.1. The minimum absolute atomic E-state index is 0.321. The zero-order valence-electron chi connectivity index (χ0n) is 10.1. The molecule has 0 unspecified atom stereocenters. The lowest BCUT2D eigenvalue weighted by Gasteiger charge is -2.04. The number of carboxylic acids is 1. The first-order chi connectivity index (χ1) is 9.47. The van der Waals surface area contributed by atoms with Crippen LogP contribution in [-0.2, 0) is 5.75 Å². The number of halogens is 3. The predicted molar refractivity (Wildman–Crippen MR) is 69.3 cm³/mol. The van der Waals surface area contributed by atoms with E-state index in [0.717, 1.165) is 18.2 Å². The van der Waals surface area contributed by atoms with E-state index in [1.807, 2.05) is 0 Å². The molecule has 0 saturated carbocycles. The van der Waals surface area contributed by atoms with E-state index in [0.29, 0.717) is 16.2 Å². The van der Waals surface area contributed by atoms with E-state index in [9.17, 15) is 18.0 Å². The summed E-state index contributed by atoms with van der Waals surface area (Å²) in [6.07, 6.45) is 0. The van der Waals surface area contributed by atoms with Crippen LogP contribution < -0.4 is 0 Å². The van der Waals surface area contributed by atoms with Crippen LogP contribution in [0.25, 0.3) is 0 Å². The molecule has 6 heteroatoms. The van der Waals surface area contributed by atoms with Gasteiger partial charge in [0.05, 0.1) is 5.56 Å². The summed E-state index contributed by atoms with van der Waals surface area (Å²) < 4.78 is 39.2. The van der Waals surface area contributed by atoms with Gasteiger partial charge in [-0.15, -0.1) is 11.8 Å². The molecule has 0 spiro atoms. The van der Waals surface area contributed by atoms with Gasteiger partial charge in [0.25, 0.3) is 0 Å². The first-order valence-electron chi connectivity index (χ1n) is 5.57. The molecule has 0 saturated heterocycles. The molecule has 0 aliphatic heterocycles. The maximum Gasteiger partial charge on any atom is 0.338 e. The molecule has 0 atom stereocenters. The number of hydrogen-bond acceptors (Lipinski definition) is 2. The first kappa shape index (κ1) is 14.5. The Morgan fingerprint density at radius 3 is 2.35 bits per heavy atom. The average Bonchev–Trinajstić information content (AvgIpc) is 2.40. The number of thioether (sulfide) groups is 1. The van der Waals surface area contributed by atoms with Gasteiger partial charge in [0.15, 0.2) is 11.6 Å². The van der Waals surface area contributed by atoms with Crippen LogP contribution in [0.4, 0.5) is 13.2 Å². The van der Waals surface area contributed by atoms with E-state index < -0.39 is 29.0 Å². The summed E-state index contributed by atoms with van der Waals surface area (Å²) in [5.74, 6) is -3.70. The third kappa shape index (κ3) is 3.33. The van der Waals surface area contributed by atoms with E-state index in [1.54, 1.807) is 0 Å². The number of aromatic carboxylic acids is 1. The van der Waals surface area contributed by atoms with Gasteiger partial charge in [-0.25, -0.2) is 18.0 Å². The van der Waals surface area contributed by atoms with E-state index in [-0.39, 0.29) is 0 Å². The number of hydrogen-bond donors (Lipinski definition) is 1. The number of carboxylic acid groups (broad SMARTS) is 1. The molecule has 0 radical (unpaired) electrons. The molecule has 2 aromatic carbocycles. The highest BCUT2D eigenvalue weighted by Gasteiger charge is 2.10. The quantitative estimate of drug-likeness (QED) is 0.864. The fourth-order valence-corrected chi connectivity index (χ4v) is 2.42. The largest absolute Gasteiger partial charge is 0.478 e. The van der Waals surface area contributed by atoms with Gasteiger partial charge in [-0.1, -0.05) is 6.07 Å². The van der Waals surface area contributed by atoms with Gasteiger partial charge < -0.3 is 5.11 Å². The maximum absolute atomic E-state index is 13.4. The normalized spacial score (nSPS) is 10.6. The van der Waals surface area contributed by atoms with E-state index >= 15 is 0 Å². The molecule has 0 aliphatic rings. The van der Waals surface area contributed by atoms with E-state index in [4.69, 9.17) is 5.11 Å². The Kier molecular flexibility index (Phi) is 4.34. The van der Waals surface area contributed by atoms with Crippen LogP contribution >= 0.6 is 11.8 Å². The molecule has 2 rings (SSSR count). The van der Waals surface area contributed by atoms with Gasteiger partial charge in [0.1, 0.15) is 5.82 Å². The fraction of sp³-hybridized carbons (Fsp3) is 0.0714. The Morgan fingerprint density at radius 1 is 1.00 bits per heavy atom. The van der Waals surface area contributed by atoms with E-state index in [1.165, 1.54) is 30.0 Å². The smallest absolute Gasteiger partial charge is 0.338 e. The Hall–Kier alpha value is -1.95. The van der Waals surface area contributed by atoms with Crippen molar-refractivity contribution in [2.45, 2.75) is 10.6 Å². The molecule has 0 heterocycles. The van der Waals surface area contributed by atoms with Crippen LogP contribution in [-0.4, -0.2) is 11.1 Å². The summed E-state index contributed by atoms with van der Waals surface area (Å²) in [6, 6.07) is 7.29. The highest BCUT2D eigenvalue weighted by atomic mass is 32.2. The monoisotopic (exact) mass is 298 g/mol. The SMILES string of the molecule is O=C(O)c1ccc(CSc2ccc(F)c(F)c2)cc1F. The van der Waals surface area contributed by atoms with Crippen LogP contribution in [0.15, 0.2) is 41.3 Å². The zero-order valence-corrected chi connectivity index (χ0v) is 10.9. The van der Waals surface area contributed by atoms with E-state index in [2.05, 4.69) is 0 Å². The standard InChI is InChI=1S/C14H9F3O2S/c15-11-4-2-9(6-13(11)17)20-7-8-1-3-10(14(18)19)12(16)5-8/h1-6H,7H2,(H,18,19). The van der Waals surface area contributed by atoms with Crippen LogP contribution in [0.1, 0.15) is 15.9 Å². The van der Waals surface area contributed by atoms with Gasteiger partial charge in [-0.3, -0.25) is 0 Å². The minimum atomic E-state index is -1.33. The third-order valence-electron chi connectivity index (χ3n) is 2.56. The Bertz CT molecular complexity index is 659. The predicted octanol–water partition coefficient (Wildman–Crippen LogP) is 4.09. The van der Waals surface area contributed by atoms with Gasteiger partial charge in [0.2, 0.25) is 0 Å². The van der Waals surface area contributed by atoms with Crippen molar-refractivity contribution in [3.05, 3.63) is 65.0 Å². The summed E-state index contributed by atoms with van der Waals surface area (Å²) in [7, 11) is 0. The van der Waals surface area contributed by atoms with Crippen LogP contribution in [0.5, 0.6) is 0 Å². The van der Waals surface area contributed by atoms with Crippen molar-refractivity contribution < 1.29 is 23.1 Å². The van der Waals surface area contributed by atoms with Crippen LogP contribution in [0.2, 0.25) is 0 Å². The lowest BCUT2D eigenvalue weighted by Crippen LogP contribution is -2.00.